The van der Waals surface area contributed by atoms with Crippen molar-refractivity contribution in [3.63, 3.8) is 0 Å². The lowest BCUT2D eigenvalue weighted by Crippen LogP contribution is -2.27. The number of ether oxygens (including phenoxy) is 3. The summed E-state index contributed by atoms with van der Waals surface area (Å²) < 4.78 is 98.6. The topological polar surface area (TPSA) is 99.6 Å². The summed E-state index contributed by atoms with van der Waals surface area (Å²) in [6.07, 6.45) is -1.58. The van der Waals surface area contributed by atoms with Gasteiger partial charge in [-0.25, -0.2) is 27.5 Å². The van der Waals surface area contributed by atoms with Crippen LogP contribution in [0.15, 0.2) is 53.7 Å². The minimum atomic E-state index is -4.54. The Morgan fingerprint density at radius 3 is 2.37 bits per heavy atom. The van der Waals surface area contributed by atoms with Crippen LogP contribution in [0.5, 0.6) is 11.5 Å². The average Bonchev–Trinajstić information content (AvgIpc) is 2.89. The zero-order valence-electron chi connectivity index (χ0n) is 19.9. The highest BCUT2D eigenvalue weighted by molar-refractivity contribution is 7.92. The van der Waals surface area contributed by atoms with Crippen LogP contribution < -0.4 is 14.2 Å². The monoisotopic (exact) mass is 553 g/mol. The van der Waals surface area contributed by atoms with E-state index in [-0.39, 0.29) is 41.0 Å². The molecule has 0 unspecified atom stereocenters. The Morgan fingerprint density at radius 1 is 0.947 bits per heavy atom. The average molecular weight is 554 g/mol. The van der Waals surface area contributed by atoms with Crippen molar-refractivity contribution in [3.05, 3.63) is 71.3 Å². The standard InChI is InChI=1S/C25H23F4N3O5S/c26-16-13-30-24(31-14-16)32-38(33,34)18-2-4-20-19(7-10-36-22(20)12-18)21-3-1-15(25(27,28)29)11-23(21)37-17-5-8-35-9-6-17/h1-4,11-14,17,19H,5-10H2,(H,30,31,32)/t19-/m0/s1. The Labute approximate surface area is 216 Å². The highest BCUT2D eigenvalue weighted by Gasteiger charge is 2.34. The molecule has 2 aliphatic heterocycles. The van der Waals surface area contributed by atoms with Crippen molar-refractivity contribution in [2.75, 3.05) is 24.5 Å². The molecule has 13 heteroatoms. The van der Waals surface area contributed by atoms with Crippen molar-refractivity contribution in [3.8, 4) is 11.5 Å². The Morgan fingerprint density at radius 2 is 1.66 bits per heavy atom. The Kier molecular flexibility index (Phi) is 7.14. The SMILES string of the molecule is O=S(=O)(Nc1ncc(F)cn1)c1ccc2c(c1)OCC[C@@H]2c1ccc(C(F)(F)F)cc1OC1CCOCC1. The van der Waals surface area contributed by atoms with Gasteiger partial charge in [0.25, 0.3) is 10.0 Å². The minimum absolute atomic E-state index is 0.136. The molecule has 1 fully saturated rings. The van der Waals surface area contributed by atoms with Gasteiger partial charge in [0.15, 0.2) is 5.82 Å². The lowest BCUT2D eigenvalue weighted by atomic mass is 9.85. The number of hydrogen-bond acceptors (Lipinski definition) is 7. The molecule has 38 heavy (non-hydrogen) atoms. The molecule has 1 saturated heterocycles. The van der Waals surface area contributed by atoms with Gasteiger partial charge in [-0.15, -0.1) is 0 Å². The highest BCUT2D eigenvalue weighted by atomic mass is 32.2. The summed E-state index contributed by atoms with van der Waals surface area (Å²) in [7, 11) is -4.13. The molecule has 2 aromatic carbocycles. The van der Waals surface area contributed by atoms with Crippen LogP contribution in [0, 0.1) is 5.82 Å². The molecule has 0 saturated carbocycles. The maximum Gasteiger partial charge on any atom is 0.416 e. The quantitative estimate of drug-likeness (QED) is 0.433. The van der Waals surface area contributed by atoms with Crippen LogP contribution in [-0.4, -0.2) is 44.3 Å². The number of halogens is 4. The largest absolute Gasteiger partial charge is 0.493 e. The van der Waals surface area contributed by atoms with Gasteiger partial charge in [0, 0.05) is 36.0 Å². The van der Waals surface area contributed by atoms with E-state index in [0.717, 1.165) is 24.5 Å². The molecular formula is C25H23F4N3O5S. The lowest BCUT2D eigenvalue weighted by Gasteiger charge is -2.30. The number of benzene rings is 2. The third-order valence-corrected chi connectivity index (χ3v) is 7.68. The van der Waals surface area contributed by atoms with Crippen LogP contribution in [0.1, 0.15) is 41.9 Å². The van der Waals surface area contributed by atoms with Gasteiger partial charge in [0.05, 0.1) is 42.7 Å². The number of nitrogens with one attached hydrogen (secondary N) is 1. The van der Waals surface area contributed by atoms with E-state index in [1.807, 2.05) is 0 Å². The molecule has 0 spiro atoms. The molecule has 1 N–H and O–H groups in total. The number of rotatable bonds is 6. The molecule has 3 aromatic rings. The van der Waals surface area contributed by atoms with Gasteiger partial charge in [-0.2, -0.15) is 13.2 Å². The highest BCUT2D eigenvalue weighted by Crippen LogP contribution is 2.44. The van der Waals surface area contributed by atoms with Crippen molar-refractivity contribution in [2.45, 2.75) is 42.4 Å². The number of fused-ring (bicyclic) bond motifs is 1. The third-order valence-electron chi connectivity index (χ3n) is 6.36. The van der Waals surface area contributed by atoms with E-state index in [0.29, 0.717) is 43.6 Å². The number of nitrogens with zero attached hydrogens (tertiary/aromatic N) is 2. The fourth-order valence-corrected chi connectivity index (χ4v) is 5.45. The Bertz CT molecular complexity index is 1410. The summed E-state index contributed by atoms with van der Waals surface area (Å²) in [5, 5.41) is 0. The number of sulfonamides is 1. The maximum atomic E-state index is 13.5. The van der Waals surface area contributed by atoms with E-state index in [1.165, 1.54) is 18.2 Å². The molecule has 2 aliphatic rings. The van der Waals surface area contributed by atoms with Gasteiger partial charge >= 0.3 is 6.18 Å². The second-order valence-corrected chi connectivity index (χ2v) is 10.6. The number of alkyl halides is 3. The van der Waals surface area contributed by atoms with E-state index in [4.69, 9.17) is 14.2 Å². The van der Waals surface area contributed by atoms with Crippen LogP contribution in [0.3, 0.4) is 0 Å². The van der Waals surface area contributed by atoms with Crippen LogP contribution in [0.4, 0.5) is 23.5 Å². The Balaban J connectivity index is 1.47. The molecule has 8 nitrogen and oxygen atoms in total. The lowest BCUT2D eigenvalue weighted by molar-refractivity contribution is -0.137. The van der Waals surface area contributed by atoms with Gasteiger partial charge < -0.3 is 14.2 Å². The van der Waals surface area contributed by atoms with E-state index < -0.39 is 27.6 Å². The zero-order valence-corrected chi connectivity index (χ0v) is 20.7. The second-order valence-electron chi connectivity index (χ2n) is 8.90. The van der Waals surface area contributed by atoms with Crippen LogP contribution in [0.2, 0.25) is 0 Å². The first-order valence-corrected chi connectivity index (χ1v) is 13.3. The smallest absolute Gasteiger partial charge is 0.416 e. The molecule has 3 heterocycles. The number of hydrogen-bond donors (Lipinski definition) is 1. The summed E-state index contributed by atoms with van der Waals surface area (Å²) >= 11 is 0. The molecule has 0 amide bonds. The first-order chi connectivity index (χ1) is 18.1. The van der Waals surface area contributed by atoms with E-state index in [1.54, 1.807) is 6.07 Å². The second kappa shape index (κ2) is 10.4. The first kappa shape index (κ1) is 26.2. The zero-order chi connectivity index (χ0) is 26.9. The fraction of sp³-hybridized carbons (Fsp3) is 0.360. The Hall–Kier alpha value is -3.45. The minimum Gasteiger partial charge on any atom is -0.493 e. The summed E-state index contributed by atoms with van der Waals surface area (Å²) in [4.78, 5) is 7.06. The van der Waals surface area contributed by atoms with Gasteiger partial charge in [0.1, 0.15) is 17.6 Å². The molecule has 1 atom stereocenters. The van der Waals surface area contributed by atoms with Crippen LogP contribution >= 0.6 is 0 Å². The predicted octanol–water partition coefficient (Wildman–Crippen LogP) is 4.91. The predicted molar refractivity (Wildman–Crippen MR) is 127 cm³/mol. The molecule has 202 valence electrons. The molecular weight excluding hydrogens is 530 g/mol. The summed E-state index contributed by atoms with van der Waals surface area (Å²) in [5.74, 6) is -0.995. The number of anilines is 1. The summed E-state index contributed by atoms with van der Waals surface area (Å²) in [6, 6.07) is 7.70. The van der Waals surface area contributed by atoms with Crippen LogP contribution in [-0.2, 0) is 20.9 Å². The number of aromatic nitrogens is 2. The van der Waals surface area contributed by atoms with Crippen molar-refractivity contribution < 1.29 is 40.2 Å². The molecule has 0 aliphatic carbocycles. The molecule has 0 radical (unpaired) electrons. The molecule has 1 aromatic heterocycles. The first-order valence-electron chi connectivity index (χ1n) is 11.8. The molecule has 5 rings (SSSR count). The summed E-state index contributed by atoms with van der Waals surface area (Å²) in [5.41, 5.74) is 0.360. The molecule has 0 bridgehead atoms. The van der Waals surface area contributed by atoms with Crippen LogP contribution in [0.25, 0.3) is 0 Å². The summed E-state index contributed by atoms with van der Waals surface area (Å²) in [6.45, 7) is 1.15. The fourth-order valence-electron chi connectivity index (χ4n) is 4.48. The van der Waals surface area contributed by atoms with Crippen molar-refractivity contribution in [2.24, 2.45) is 0 Å². The van der Waals surface area contributed by atoms with E-state index in [2.05, 4.69) is 14.7 Å². The van der Waals surface area contributed by atoms with Gasteiger partial charge in [0.2, 0.25) is 5.95 Å². The van der Waals surface area contributed by atoms with Gasteiger partial charge in [-0.05, 0) is 24.6 Å². The third kappa shape index (κ3) is 5.68. The van der Waals surface area contributed by atoms with E-state index >= 15 is 0 Å². The normalized spacial score (nSPS) is 18.4. The van der Waals surface area contributed by atoms with Crippen molar-refractivity contribution in [1.29, 1.82) is 0 Å². The van der Waals surface area contributed by atoms with Gasteiger partial charge in [-0.3, -0.25) is 0 Å². The maximum absolute atomic E-state index is 13.5. The van der Waals surface area contributed by atoms with Crippen molar-refractivity contribution in [1.82, 2.24) is 9.97 Å². The van der Waals surface area contributed by atoms with Gasteiger partial charge in [-0.1, -0.05) is 12.1 Å². The van der Waals surface area contributed by atoms with Crippen molar-refractivity contribution >= 4 is 16.0 Å². The van der Waals surface area contributed by atoms with E-state index in [9.17, 15) is 26.0 Å².